The third kappa shape index (κ3) is 2.18. The summed E-state index contributed by atoms with van der Waals surface area (Å²) in [6.45, 7) is 0. The quantitative estimate of drug-likeness (QED) is 0.779. The average molecular weight is 220 g/mol. The van der Waals surface area contributed by atoms with Crippen LogP contribution in [0.1, 0.15) is 0 Å². The van der Waals surface area contributed by atoms with Gasteiger partial charge in [-0.3, -0.25) is 0 Å². The third-order valence-electron chi connectivity index (χ3n) is 1.47. The topological polar surface area (TPSA) is 38.7 Å². The zero-order chi connectivity index (χ0) is 9.80. The Morgan fingerprint density at radius 3 is 2.57 bits per heavy atom. The van der Waals surface area contributed by atoms with Crippen LogP contribution in [0.5, 0.6) is 0 Å². The van der Waals surface area contributed by atoms with Crippen molar-refractivity contribution in [3.8, 4) is 0 Å². The van der Waals surface area contributed by atoms with Gasteiger partial charge in [-0.25, -0.2) is 15.0 Å². The van der Waals surface area contributed by atoms with Crippen molar-refractivity contribution in [3.63, 3.8) is 0 Å². The first-order valence-electron chi connectivity index (χ1n) is 3.93. The van der Waals surface area contributed by atoms with E-state index in [2.05, 4.69) is 15.0 Å². The van der Waals surface area contributed by atoms with E-state index >= 15 is 0 Å². The van der Waals surface area contributed by atoms with Gasteiger partial charge in [0.1, 0.15) is 10.1 Å². The fourth-order valence-corrected chi connectivity index (χ4v) is 1.84. The van der Waals surface area contributed by atoms with E-state index in [9.17, 15) is 0 Å². The van der Waals surface area contributed by atoms with Gasteiger partial charge in [0.15, 0.2) is 5.03 Å². The molecule has 0 N–H and O–H groups in total. The molecule has 0 atom stereocenters. The molecular formula is C9H6N3S2. The molecule has 14 heavy (non-hydrogen) atoms. The van der Waals surface area contributed by atoms with Crippen LogP contribution in [-0.4, -0.2) is 15.0 Å². The van der Waals surface area contributed by atoms with Crippen LogP contribution in [0.4, 0.5) is 0 Å². The molecule has 0 amide bonds. The van der Waals surface area contributed by atoms with Gasteiger partial charge in [0.25, 0.3) is 0 Å². The molecule has 0 aliphatic heterocycles. The van der Waals surface area contributed by atoms with Gasteiger partial charge in [0.05, 0.1) is 0 Å². The molecule has 0 spiro atoms. The molecule has 0 aromatic carbocycles. The van der Waals surface area contributed by atoms with Gasteiger partial charge in [0, 0.05) is 18.6 Å². The molecule has 0 bridgehead atoms. The first-order chi connectivity index (χ1) is 6.86. The Labute approximate surface area is 91.4 Å². The van der Waals surface area contributed by atoms with Crippen LogP contribution in [-0.2, 0) is 0 Å². The van der Waals surface area contributed by atoms with E-state index < -0.39 is 0 Å². The molecule has 0 aliphatic carbocycles. The van der Waals surface area contributed by atoms with Gasteiger partial charge in [-0.05, 0) is 23.9 Å². The van der Waals surface area contributed by atoms with Crippen molar-refractivity contribution in [3.05, 3.63) is 36.8 Å². The van der Waals surface area contributed by atoms with E-state index in [-0.39, 0.29) is 0 Å². The van der Waals surface area contributed by atoms with Crippen molar-refractivity contribution in [2.24, 2.45) is 0 Å². The Kier molecular flexibility index (Phi) is 2.90. The van der Waals surface area contributed by atoms with Gasteiger partial charge in [-0.2, -0.15) is 0 Å². The lowest BCUT2D eigenvalue weighted by Gasteiger charge is -1.99. The maximum atomic E-state index is 5.03. The van der Waals surface area contributed by atoms with Gasteiger partial charge in [-0.1, -0.05) is 18.7 Å². The zero-order valence-corrected chi connectivity index (χ0v) is 8.76. The number of nitrogens with zero attached hydrogens (tertiary/aromatic N) is 3. The first-order valence-corrected chi connectivity index (χ1v) is 5.15. The van der Waals surface area contributed by atoms with Crippen LogP contribution in [0.3, 0.4) is 0 Å². The number of rotatable bonds is 2. The number of aromatic nitrogens is 3. The predicted molar refractivity (Wildman–Crippen MR) is 56.2 cm³/mol. The van der Waals surface area contributed by atoms with Gasteiger partial charge in [-0.15, -0.1) is 0 Å². The van der Waals surface area contributed by atoms with Gasteiger partial charge >= 0.3 is 0 Å². The Balaban J connectivity index is 2.24. The highest BCUT2D eigenvalue weighted by molar-refractivity contribution is 7.99. The van der Waals surface area contributed by atoms with Crippen LogP contribution < -0.4 is 0 Å². The molecule has 1 radical (unpaired) electrons. The minimum atomic E-state index is 0.517. The minimum absolute atomic E-state index is 0.517. The van der Waals surface area contributed by atoms with Crippen LogP contribution in [0.2, 0.25) is 0 Å². The lowest BCUT2D eigenvalue weighted by atomic mass is 10.5. The van der Waals surface area contributed by atoms with Crippen LogP contribution >= 0.6 is 24.4 Å². The van der Waals surface area contributed by atoms with Crippen molar-refractivity contribution in [1.82, 2.24) is 15.0 Å². The molecule has 0 unspecified atom stereocenters. The monoisotopic (exact) mass is 220 g/mol. The number of pyridine rings is 1. The largest absolute Gasteiger partial charge is 0.250 e. The second-order valence-corrected chi connectivity index (χ2v) is 3.83. The highest BCUT2D eigenvalue weighted by Gasteiger charge is 2.04. The lowest BCUT2D eigenvalue weighted by Crippen LogP contribution is -1.86. The summed E-state index contributed by atoms with van der Waals surface area (Å²) in [4.78, 5) is 12.3. The van der Waals surface area contributed by atoms with Crippen LogP contribution in [0.25, 0.3) is 0 Å². The molecule has 0 aliphatic rings. The molecule has 2 aromatic rings. The Bertz CT molecular complexity index is 419. The maximum absolute atomic E-state index is 5.03. The van der Waals surface area contributed by atoms with Crippen molar-refractivity contribution in [2.75, 3.05) is 0 Å². The van der Waals surface area contributed by atoms with E-state index in [1.807, 2.05) is 18.2 Å². The van der Waals surface area contributed by atoms with Crippen LogP contribution in [0.15, 0.2) is 51.9 Å². The molecule has 0 saturated heterocycles. The summed E-state index contributed by atoms with van der Waals surface area (Å²) in [5.74, 6) is 0. The summed E-state index contributed by atoms with van der Waals surface area (Å²) >= 11 is 6.45. The van der Waals surface area contributed by atoms with Crippen LogP contribution in [0, 0.1) is 0 Å². The lowest BCUT2D eigenvalue weighted by molar-refractivity contribution is 0.921. The second-order valence-electron chi connectivity index (χ2n) is 2.44. The molecule has 69 valence electrons. The minimum Gasteiger partial charge on any atom is -0.250 e. The smallest absolute Gasteiger partial charge is 0.158 e. The van der Waals surface area contributed by atoms with Crippen molar-refractivity contribution in [2.45, 2.75) is 15.1 Å². The third-order valence-corrected chi connectivity index (χ3v) is 2.84. The highest BCUT2D eigenvalue weighted by atomic mass is 32.2. The fraction of sp³-hybridized carbons (Fsp3) is 0. The summed E-state index contributed by atoms with van der Waals surface area (Å²) in [6, 6.07) is 5.71. The standard InChI is InChI=1S/C9H6N3S2/c13-8-9(12-6-5-11-8)14-7-3-1-2-4-10-7/h1-6H. The van der Waals surface area contributed by atoms with Crippen molar-refractivity contribution < 1.29 is 0 Å². The molecule has 0 saturated carbocycles. The van der Waals surface area contributed by atoms with Crippen molar-refractivity contribution >= 4 is 24.4 Å². The van der Waals surface area contributed by atoms with E-state index in [0.29, 0.717) is 5.03 Å². The first kappa shape index (κ1) is 9.36. The molecular weight excluding hydrogens is 214 g/mol. The Morgan fingerprint density at radius 1 is 1.00 bits per heavy atom. The zero-order valence-electron chi connectivity index (χ0n) is 7.12. The summed E-state index contributed by atoms with van der Waals surface area (Å²) in [6.07, 6.45) is 4.95. The summed E-state index contributed by atoms with van der Waals surface area (Å²) in [7, 11) is 0. The van der Waals surface area contributed by atoms with Gasteiger partial charge in [0.2, 0.25) is 0 Å². The molecule has 2 aromatic heterocycles. The molecule has 5 heteroatoms. The fourth-order valence-electron chi connectivity index (χ4n) is 0.889. The van der Waals surface area contributed by atoms with Gasteiger partial charge < -0.3 is 0 Å². The Hall–Kier alpha value is -1.20. The highest BCUT2D eigenvalue weighted by Crippen LogP contribution is 2.26. The molecule has 2 heterocycles. The molecule has 3 nitrogen and oxygen atoms in total. The normalized spacial score (nSPS) is 10.0. The maximum Gasteiger partial charge on any atom is 0.158 e. The van der Waals surface area contributed by atoms with E-state index in [1.165, 1.54) is 11.8 Å². The van der Waals surface area contributed by atoms with E-state index in [1.54, 1.807) is 18.6 Å². The molecule has 0 fully saturated rings. The van der Waals surface area contributed by atoms with E-state index in [4.69, 9.17) is 12.6 Å². The predicted octanol–water partition coefficient (Wildman–Crippen LogP) is 2.58. The average Bonchev–Trinajstić information content (AvgIpc) is 2.23. The molecule has 2 rings (SSSR count). The van der Waals surface area contributed by atoms with Crippen molar-refractivity contribution in [1.29, 1.82) is 0 Å². The van der Waals surface area contributed by atoms with E-state index in [0.717, 1.165) is 10.1 Å². The SMILES string of the molecule is [S]c1nccnc1Sc1ccccn1. The Morgan fingerprint density at radius 2 is 1.86 bits per heavy atom. The second kappa shape index (κ2) is 4.34. The summed E-state index contributed by atoms with van der Waals surface area (Å²) in [5, 5.41) is 2.11. The summed E-state index contributed by atoms with van der Waals surface area (Å²) in [5.41, 5.74) is 0. The summed E-state index contributed by atoms with van der Waals surface area (Å²) < 4.78 is 0. The number of hydrogen-bond acceptors (Lipinski definition) is 4. The number of hydrogen-bond donors (Lipinski definition) is 0.